The summed E-state index contributed by atoms with van der Waals surface area (Å²) in [6.07, 6.45) is -0.685. The molecule has 0 aliphatic heterocycles. The molecule has 0 aliphatic rings. The number of amides is 3. The van der Waals surface area contributed by atoms with Crippen LogP contribution in [-0.2, 0) is 9.53 Å². The highest BCUT2D eigenvalue weighted by molar-refractivity contribution is 5.92. The Kier molecular flexibility index (Phi) is 6.90. The van der Waals surface area contributed by atoms with Crippen LogP contribution in [0, 0.1) is 0 Å². The van der Waals surface area contributed by atoms with Crippen LogP contribution in [0.25, 0.3) is 0 Å². The molecule has 0 unspecified atom stereocenters. The molecular formula is C14H21N5O5. The largest absolute Gasteiger partial charge is 0.444 e. The molecule has 0 bridgehead atoms. The van der Waals surface area contributed by atoms with E-state index >= 15 is 0 Å². The molecule has 3 amide bonds. The molecule has 0 aromatic carbocycles. The number of nitrogens with zero attached hydrogens (tertiary/aromatic N) is 1. The van der Waals surface area contributed by atoms with Gasteiger partial charge in [-0.1, -0.05) is 0 Å². The molecule has 0 fully saturated rings. The normalized spacial score (nSPS) is 10.6. The molecule has 4 N–H and O–H groups in total. The van der Waals surface area contributed by atoms with E-state index < -0.39 is 29.1 Å². The Morgan fingerprint density at radius 3 is 2.38 bits per heavy atom. The van der Waals surface area contributed by atoms with Crippen LogP contribution in [-0.4, -0.2) is 53.3 Å². The summed E-state index contributed by atoms with van der Waals surface area (Å²) in [5, 5.41) is 13.1. The zero-order valence-corrected chi connectivity index (χ0v) is 13.8. The first-order chi connectivity index (χ1) is 11.2. The van der Waals surface area contributed by atoms with Crippen LogP contribution < -0.4 is 21.5 Å². The lowest BCUT2D eigenvalue weighted by Crippen LogP contribution is -2.42. The fourth-order valence-corrected chi connectivity index (χ4v) is 1.47. The number of carbonyl (C=O) groups is 3. The van der Waals surface area contributed by atoms with Crippen LogP contribution in [0.3, 0.4) is 0 Å². The summed E-state index contributed by atoms with van der Waals surface area (Å²) in [6, 6.07) is 2.48. The van der Waals surface area contributed by atoms with Crippen LogP contribution in [0.15, 0.2) is 16.9 Å². The van der Waals surface area contributed by atoms with E-state index in [1.54, 1.807) is 20.8 Å². The zero-order valence-electron chi connectivity index (χ0n) is 13.8. The van der Waals surface area contributed by atoms with Crippen LogP contribution in [0.4, 0.5) is 4.79 Å². The third-order valence-electron chi connectivity index (χ3n) is 2.44. The molecule has 0 radical (unpaired) electrons. The Bertz CT molecular complexity index is 629. The third-order valence-corrected chi connectivity index (χ3v) is 2.44. The lowest BCUT2D eigenvalue weighted by atomic mass is 10.2. The third kappa shape index (κ3) is 7.92. The number of rotatable bonds is 6. The molecule has 24 heavy (non-hydrogen) atoms. The average Bonchev–Trinajstić information content (AvgIpc) is 2.48. The van der Waals surface area contributed by atoms with Crippen molar-refractivity contribution in [1.29, 1.82) is 0 Å². The fourth-order valence-electron chi connectivity index (χ4n) is 1.47. The standard InChI is InChI=1S/C14H21N5O5/c1-14(2,3)24-13(23)17-8-11(21)15-6-7-16-12(22)9-4-5-10(20)19-18-9/h4-5H,6-8H2,1-3H3,(H,15,21)(H,16,22)(H,17,23)(H,19,20). The summed E-state index contributed by atoms with van der Waals surface area (Å²) in [4.78, 5) is 45.4. The number of ether oxygens (including phenoxy) is 1. The maximum absolute atomic E-state index is 11.7. The van der Waals surface area contributed by atoms with Gasteiger partial charge in [-0.05, 0) is 26.8 Å². The van der Waals surface area contributed by atoms with Gasteiger partial charge in [0.05, 0.1) is 6.54 Å². The van der Waals surface area contributed by atoms with Gasteiger partial charge in [0.2, 0.25) is 5.91 Å². The van der Waals surface area contributed by atoms with E-state index in [0.29, 0.717) is 0 Å². The van der Waals surface area contributed by atoms with Gasteiger partial charge in [-0.25, -0.2) is 9.89 Å². The second-order valence-electron chi connectivity index (χ2n) is 5.77. The van der Waals surface area contributed by atoms with Crippen LogP contribution >= 0.6 is 0 Å². The molecule has 1 heterocycles. The number of nitrogens with one attached hydrogen (secondary N) is 4. The summed E-state index contributed by atoms with van der Waals surface area (Å²) in [7, 11) is 0. The lowest BCUT2D eigenvalue weighted by molar-refractivity contribution is -0.120. The number of alkyl carbamates (subject to hydrolysis) is 1. The summed E-state index contributed by atoms with van der Waals surface area (Å²) in [5.74, 6) is -0.898. The fraction of sp³-hybridized carbons (Fsp3) is 0.500. The van der Waals surface area contributed by atoms with E-state index in [4.69, 9.17) is 4.74 Å². The van der Waals surface area contributed by atoms with Gasteiger partial charge in [-0.15, -0.1) is 0 Å². The number of aromatic nitrogens is 2. The van der Waals surface area contributed by atoms with Gasteiger partial charge in [-0.2, -0.15) is 5.10 Å². The molecule has 10 nitrogen and oxygen atoms in total. The van der Waals surface area contributed by atoms with E-state index in [9.17, 15) is 19.2 Å². The van der Waals surface area contributed by atoms with Gasteiger partial charge < -0.3 is 20.7 Å². The molecule has 0 spiro atoms. The Labute approximate surface area is 138 Å². The lowest BCUT2D eigenvalue weighted by Gasteiger charge is -2.19. The molecule has 0 saturated carbocycles. The number of aromatic amines is 1. The van der Waals surface area contributed by atoms with Gasteiger partial charge in [0.15, 0.2) is 0 Å². The first-order valence-electron chi connectivity index (χ1n) is 7.25. The summed E-state index contributed by atoms with van der Waals surface area (Å²) in [6.45, 7) is 5.25. The SMILES string of the molecule is CC(C)(C)OC(=O)NCC(=O)NCCNC(=O)c1ccc(=O)[nH]n1. The minimum Gasteiger partial charge on any atom is -0.444 e. The van der Waals surface area contributed by atoms with Crippen molar-refractivity contribution in [2.75, 3.05) is 19.6 Å². The van der Waals surface area contributed by atoms with Crippen molar-refractivity contribution < 1.29 is 19.1 Å². The van der Waals surface area contributed by atoms with E-state index in [0.717, 1.165) is 0 Å². The summed E-state index contributed by atoms with van der Waals surface area (Å²) < 4.78 is 4.98. The molecule has 0 aliphatic carbocycles. The predicted molar refractivity (Wildman–Crippen MR) is 84.4 cm³/mol. The minimum absolute atomic E-state index is 0.0625. The highest BCUT2D eigenvalue weighted by Crippen LogP contribution is 2.05. The molecule has 1 aromatic heterocycles. The van der Waals surface area contributed by atoms with Gasteiger partial charge in [-0.3, -0.25) is 14.4 Å². The van der Waals surface area contributed by atoms with Crippen molar-refractivity contribution in [3.05, 3.63) is 28.2 Å². The van der Waals surface area contributed by atoms with Crippen molar-refractivity contribution in [2.24, 2.45) is 0 Å². The summed E-state index contributed by atoms with van der Waals surface area (Å²) >= 11 is 0. The Hall–Kier alpha value is -2.91. The van der Waals surface area contributed by atoms with Gasteiger partial charge in [0.25, 0.3) is 11.5 Å². The van der Waals surface area contributed by atoms with E-state index in [1.165, 1.54) is 12.1 Å². The van der Waals surface area contributed by atoms with Crippen molar-refractivity contribution in [3.63, 3.8) is 0 Å². The highest BCUT2D eigenvalue weighted by Gasteiger charge is 2.16. The molecular weight excluding hydrogens is 318 g/mol. The molecule has 1 aromatic rings. The average molecular weight is 339 g/mol. The van der Waals surface area contributed by atoms with Crippen LogP contribution in [0.5, 0.6) is 0 Å². The maximum atomic E-state index is 11.7. The second-order valence-corrected chi connectivity index (χ2v) is 5.77. The number of hydrogen-bond donors (Lipinski definition) is 4. The molecule has 0 saturated heterocycles. The Morgan fingerprint density at radius 2 is 1.79 bits per heavy atom. The van der Waals surface area contributed by atoms with Crippen molar-refractivity contribution in [3.8, 4) is 0 Å². The van der Waals surface area contributed by atoms with Gasteiger partial charge >= 0.3 is 6.09 Å². The van der Waals surface area contributed by atoms with Crippen LogP contribution in [0.1, 0.15) is 31.3 Å². The van der Waals surface area contributed by atoms with Gasteiger partial charge in [0, 0.05) is 19.2 Å². The minimum atomic E-state index is -0.685. The number of H-pyrrole nitrogens is 1. The van der Waals surface area contributed by atoms with E-state index in [1.807, 2.05) is 0 Å². The summed E-state index contributed by atoms with van der Waals surface area (Å²) in [5.41, 5.74) is -0.982. The molecule has 1 rings (SSSR count). The van der Waals surface area contributed by atoms with E-state index in [-0.39, 0.29) is 25.3 Å². The van der Waals surface area contributed by atoms with Crippen molar-refractivity contribution >= 4 is 17.9 Å². The number of hydrogen-bond acceptors (Lipinski definition) is 6. The highest BCUT2D eigenvalue weighted by atomic mass is 16.6. The van der Waals surface area contributed by atoms with Crippen LogP contribution in [0.2, 0.25) is 0 Å². The molecule has 0 atom stereocenters. The first-order valence-corrected chi connectivity index (χ1v) is 7.25. The van der Waals surface area contributed by atoms with Crippen molar-refractivity contribution in [1.82, 2.24) is 26.1 Å². The first kappa shape index (κ1) is 19.1. The topological polar surface area (TPSA) is 142 Å². The second kappa shape index (κ2) is 8.65. The number of carbonyl (C=O) groups excluding carboxylic acids is 3. The van der Waals surface area contributed by atoms with E-state index in [2.05, 4.69) is 26.1 Å². The molecule has 132 valence electrons. The maximum Gasteiger partial charge on any atom is 0.408 e. The smallest absolute Gasteiger partial charge is 0.408 e. The predicted octanol–water partition coefficient (Wildman–Crippen LogP) is -0.859. The Morgan fingerprint density at radius 1 is 1.12 bits per heavy atom. The Balaban J connectivity index is 2.19. The molecule has 10 heteroatoms. The zero-order chi connectivity index (χ0) is 18.2. The monoisotopic (exact) mass is 339 g/mol. The van der Waals surface area contributed by atoms with Crippen molar-refractivity contribution in [2.45, 2.75) is 26.4 Å². The van der Waals surface area contributed by atoms with Gasteiger partial charge in [0.1, 0.15) is 11.3 Å². The quantitative estimate of drug-likeness (QED) is 0.497.